The van der Waals surface area contributed by atoms with Gasteiger partial charge < -0.3 is 21.3 Å². The van der Waals surface area contributed by atoms with Crippen LogP contribution in [0.2, 0.25) is 0 Å². The van der Waals surface area contributed by atoms with Gasteiger partial charge in [-0.05, 0) is 50.9 Å². The average Bonchev–Trinajstić information content (AvgIpc) is 2.92. The van der Waals surface area contributed by atoms with Crippen molar-refractivity contribution in [3.8, 4) is 6.07 Å². The number of halogens is 3. The number of carbonyl (C=O) groups is 4. The van der Waals surface area contributed by atoms with Crippen LogP contribution in [0.1, 0.15) is 47.5 Å². The summed E-state index contributed by atoms with van der Waals surface area (Å²) in [6.07, 6.45) is 1.04. The molecule has 0 radical (unpaired) electrons. The van der Waals surface area contributed by atoms with Crippen LogP contribution in [0.5, 0.6) is 0 Å². The predicted octanol–water partition coefficient (Wildman–Crippen LogP) is 1.57. The highest BCUT2D eigenvalue weighted by molar-refractivity contribution is 8.32. The first kappa shape index (κ1) is 31.5. The van der Waals surface area contributed by atoms with Crippen molar-refractivity contribution in [3.05, 3.63) is 0 Å². The molecule has 0 aliphatic carbocycles. The maximum Gasteiger partial charge on any atom is 0.471 e. The fourth-order valence-electron chi connectivity index (χ4n) is 3.91. The molecule has 0 saturated carbocycles. The summed E-state index contributed by atoms with van der Waals surface area (Å²) in [4.78, 5) is 49.9. The van der Waals surface area contributed by atoms with Crippen molar-refractivity contribution < 1.29 is 32.3 Å². The molecule has 1 aliphatic heterocycles. The van der Waals surface area contributed by atoms with Crippen molar-refractivity contribution >= 4 is 33.7 Å². The third kappa shape index (κ3) is 9.87. The van der Waals surface area contributed by atoms with Crippen molar-refractivity contribution in [2.24, 2.45) is 11.3 Å². The fourth-order valence-corrected chi connectivity index (χ4v) is 5.15. The van der Waals surface area contributed by atoms with Crippen molar-refractivity contribution in [1.29, 1.82) is 5.26 Å². The average molecular weight is 538 g/mol. The van der Waals surface area contributed by atoms with Crippen molar-refractivity contribution in [1.82, 2.24) is 21.3 Å². The molecular weight excluding hydrogens is 499 g/mol. The van der Waals surface area contributed by atoms with E-state index in [2.05, 4.69) is 16.0 Å². The molecule has 1 rings (SSSR count). The lowest BCUT2D eigenvalue weighted by atomic mass is 9.86. The van der Waals surface area contributed by atoms with Crippen molar-refractivity contribution in [2.75, 3.05) is 24.5 Å². The van der Waals surface area contributed by atoms with Crippen LogP contribution in [0.25, 0.3) is 0 Å². The first-order chi connectivity index (χ1) is 16.1. The van der Waals surface area contributed by atoms with Crippen LogP contribution in [0, 0.1) is 22.7 Å². The van der Waals surface area contributed by atoms with Crippen LogP contribution in [-0.2, 0) is 19.2 Å². The monoisotopic (exact) mass is 537 g/mol. The number of hydrogen-bond donors (Lipinski definition) is 4. The van der Waals surface area contributed by atoms with Gasteiger partial charge in [-0.2, -0.15) is 18.4 Å². The SMILES string of the molecule is CC1(C)CC(CC(C#N)NC(=O)C(CS(C)(C)C)NC(=O)C(NC(=O)C(F)(F)F)C(C)(C)C)C(=O)N1. The molecule has 0 aromatic rings. The molecule has 36 heavy (non-hydrogen) atoms. The predicted molar refractivity (Wildman–Crippen MR) is 132 cm³/mol. The maximum absolute atomic E-state index is 13.1. The second-order valence-corrected chi connectivity index (χ2v) is 16.3. The third-order valence-electron chi connectivity index (χ3n) is 5.54. The van der Waals surface area contributed by atoms with Gasteiger partial charge in [0.1, 0.15) is 18.1 Å². The van der Waals surface area contributed by atoms with Crippen molar-refractivity contribution in [3.63, 3.8) is 0 Å². The summed E-state index contributed by atoms with van der Waals surface area (Å²) in [5.41, 5.74) is -1.53. The topological polar surface area (TPSA) is 140 Å². The molecule has 4 amide bonds. The Morgan fingerprint density at radius 2 is 1.67 bits per heavy atom. The summed E-state index contributed by atoms with van der Waals surface area (Å²) in [5, 5.41) is 19.2. The molecule has 9 nitrogen and oxygen atoms in total. The molecule has 1 fully saturated rings. The van der Waals surface area contributed by atoms with E-state index in [0.717, 1.165) is 0 Å². The van der Waals surface area contributed by atoms with E-state index in [1.807, 2.05) is 38.7 Å². The molecule has 0 aromatic carbocycles. The van der Waals surface area contributed by atoms with Crippen LogP contribution in [-0.4, -0.2) is 78.0 Å². The highest BCUT2D eigenvalue weighted by atomic mass is 32.3. The largest absolute Gasteiger partial charge is 0.471 e. The van der Waals surface area contributed by atoms with Gasteiger partial charge in [-0.1, -0.05) is 20.8 Å². The van der Waals surface area contributed by atoms with Crippen LogP contribution >= 0.6 is 10.0 Å². The van der Waals surface area contributed by atoms with Crippen LogP contribution in [0.15, 0.2) is 0 Å². The number of rotatable bonds is 9. The van der Waals surface area contributed by atoms with E-state index in [-0.39, 0.29) is 18.1 Å². The van der Waals surface area contributed by atoms with E-state index in [0.29, 0.717) is 6.42 Å². The molecule has 0 bridgehead atoms. The van der Waals surface area contributed by atoms with Gasteiger partial charge in [0, 0.05) is 17.2 Å². The van der Waals surface area contributed by atoms with Gasteiger partial charge in [-0.25, -0.2) is 10.0 Å². The van der Waals surface area contributed by atoms with Crippen LogP contribution < -0.4 is 21.3 Å². The van der Waals surface area contributed by atoms with Gasteiger partial charge in [-0.3, -0.25) is 19.2 Å². The zero-order chi connectivity index (χ0) is 28.3. The number of nitriles is 1. The minimum Gasteiger partial charge on any atom is -0.351 e. The number of hydrogen-bond acceptors (Lipinski definition) is 5. The molecular formula is C23H38F3N5O4S. The maximum atomic E-state index is 13.1. The molecule has 0 aromatic heterocycles. The molecule has 4 N–H and O–H groups in total. The minimum absolute atomic E-state index is 0.0762. The number of nitrogens with one attached hydrogen (secondary N) is 4. The lowest BCUT2D eigenvalue weighted by Gasteiger charge is -2.35. The first-order valence-electron chi connectivity index (χ1n) is 11.4. The molecule has 4 unspecified atom stereocenters. The molecule has 0 spiro atoms. The Labute approximate surface area is 212 Å². The van der Waals surface area contributed by atoms with E-state index >= 15 is 0 Å². The number of alkyl halides is 3. The third-order valence-corrected chi connectivity index (χ3v) is 6.88. The fraction of sp³-hybridized carbons (Fsp3) is 0.783. The van der Waals surface area contributed by atoms with E-state index < -0.39 is 68.9 Å². The Bertz CT molecular complexity index is 903. The summed E-state index contributed by atoms with van der Waals surface area (Å²) in [7, 11) is -1.40. The van der Waals surface area contributed by atoms with E-state index in [9.17, 15) is 37.6 Å². The Morgan fingerprint density at radius 1 is 1.11 bits per heavy atom. The quantitative estimate of drug-likeness (QED) is 0.354. The highest BCUT2D eigenvalue weighted by Crippen LogP contribution is 2.35. The molecule has 1 saturated heterocycles. The molecule has 1 aliphatic rings. The zero-order valence-corrected chi connectivity index (χ0v) is 22.9. The number of carbonyl (C=O) groups excluding carboxylic acids is 4. The van der Waals surface area contributed by atoms with Gasteiger partial charge >= 0.3 is 12.1 Å². The summed E-state index contributed by atoms with van der Waals surface area (Å²) < 4.78 is 38.5. The summed E-state index contributed by atoms with van der Waals surface area (Å²) in [6, 6.07) is -1.78. The van der Waals surface area contributed by atoms with Gasteiger partial charge in [0.2, 0.25) is 17.7 Å². The number of amides is 4. The summed E-state index contributed by atoms with van der Waals surface area (Å²) in [5.74, 6) is -4.41. The van der Waals surface area contributed by atoms with Crippen LogP contribution in [0.3, 0.4) is 0 Å². The second-order valence-electron chi connectivity index (χ2n) is 11.8. The van der Waals surface area contributed by atoms with E-state index in [1.165, 1.54) is 20.8 Å². The first-order valence-corrected chi connectivity index (χ1v) is 14.4. The molecule has 206 valence electrons. The zero-order valence-electron chi connectivity index (χ0n) is 22.1. The second kappa shape index (κ2) is 11.3. The number of nitrogens with zero attached hydrogens (tertiary/aromatic N) is 1. The van der Waals surface area contributed by atoms with Gasteiger partial charge in [0.25, 0.3) is 0 Å². The van der Waals surface area contributed by atoms with Gasteiger partial charge in [0.15, 0.2) is 0 Å². The van der Waals surface area contributed by atoms with E-state index in [4.69, 9.17) is 0 Å². The van der Waals surface area contributed by atoms with Crippen molar-refractivity contribution in [2.45, 2.75) is 77.3 Å². The normalized spacial score (nSPS) is 20.8. The molecule has 4 atom stereocenters. The summed E-state index contributed by atoms with van der Waals surface area (Å²) >= 11 is 0. The Morgan fingerprint density at radius 3 is 2.06 bits per heavy atom. The van der Waals surface area contributed by atoms with Gasteiger partial charge in [0.05, 0.1) is 6.07 Å². The standard InChI is InChI=1S/C23H38F3N5O4S/c1-21(2,3)16(30-20(35)23(24,25)26)19(34)29-15(12-36(6,7)8)18(33)28-14(11-27)9-13-10-22(4,5)31-17(13)32/h13-16H,9-10,12H2,1-8H3,(H,28,33)(H,29,34)(H,30,35)(H,31,32). The minimum atomic E-state index is -5.18. The Balaban J connectivity index is 3.07. The summed E-state index contributed by atoms with van der Waals surface area (Å²) in [6.45, 7) is 8.16. The van der Waals surface area contributed by atoms with Crippen LogP contribution in [0.4, 0.5) is 13.2 Å². The lowest BCUT2D eigenvalue weighted by Crippen LogP contribution is -2.60. The molecule has 1 heterocycles. The Hall–Kier alpha value is -2.49. The Kier molecular flexibility index (Phi) is 9.88. The smallest absolute Gasteiger partial charge is 0.351 e. The van der Waals surface area contributed by atoms with Gasteiger partial charge in [-0.15, -0.1) is 0 Å². The highest BCUT2D eigenvalue weighted by Gasteiger charge is 2.44. The molecule has 13 heteroatoms. The lowest BCUT2D eigenvalue weighted by molar-refractivity contribution is -0.175. The van der Waals surface area contributed by atoms with E-state index in [1.54, 1.807) is 5.32 Å².